The highest BCUT2D eigenvalue weighted by Gasteiger charge is 2.47. The van der Waals surface area contributed by atoms with Crippen LogP contribution in [-0.2, 0) is 27.9 Å². The van der Waals surface area contributed by atoms with E-state index in [2.05, 4.69) is 38.8 Å². The standard InChI is InChI=1S/C35H43N7O5/c1-19-23-16-42-28(14-21-5-6-25(38-33(21)42)20(2)37-31(43)8-11-46-18-24(19)23)34-39-26-13-22(15-30(45-4)32(26)40(34)3)35(44)41-10-7-29-27(17-41)36-9-12-47-29/h5-6,13-15,19-20,23-24,27,29,36H,7-12,16-18H2,1-4H3,(H,37,43)/t19-,20-,23+,24-,27+,29-/m1/s1. The molecule has 0 unspecified atom stereocenters. The molecule has 6 heterocycles. The Kier molecular flexibility index (Phi) is 7.69. The Morgan fingerprint density at radius 1 is 1.09 bits per heavy atom. The molecule has 1 aliphatic carbocycles. The first-order valence-electron chi connectivity index (χ1n) is 16.9. The number of methoxy groups -OCH3 is 1. The van der Waals surface area contributed by atoms with Crippen LogP contribution < -0.4 is 15.4 Å². The van der Waals surface area contributed by atoms with Crippen molar-refractivity contribution >= 4 is 33.9 Å². The second-order valence-electron chi connectivity index (χ2n) is 13.6. The van der Waals surface area contributed by atoms with Gasteiger partial charge in [-0.2, -0.15) is 0 Å². The number of rotatable bonds is 3. The van der Waals surface area contributed by atoms with Crippen LogP contribution >= 0.6 is 0 Å². The molecule has 3 fully saturated rings. The fourth-order valence-corrected chi connectivity index (χ4v) is 7.92. The fraction of sp³-hybridized carbons (Fsp3) is 0.543. The molecule has 6 atom stereocenters. The molecule has 2 N–H and O–H groups in total. The number of piperidine rings is 1. The summed E-state index contributed by atoms with van der Waals surface area (Å²) < 4.78 is 22.1. The molecule has 8 rings (SSSR count). The van der Waals surface area contributed by atoms with Crippen molar-refractivity contribution in [2.45, 2.75) is 51.4 Å². The van der Waals surface area contributed by atoms with Crippen molar-refractivity contribution in [2.24, 2.45) is 24.8 Å². The van der Waals surface area contributed by atoms with Crippen LogP contribution in [0.25, 0.3) is 33.6 Å². The van der Waals surface area contributed by atoms with Crippen LogP contribution in [0.15, 0.2) is 30.3 Å². The average Bonchev–Trinajstić information content (AvgIpc) is 3.36. The Balaban J connectivity index is 1.19. The normalized spacial score (nSPS) is 28.1. The third-order valence-electron chi connectivity index (χ3n) is 10.8. The Labute approximate surface area is 273 Å². The molecule has 0 radical (unpaired) electrons. The number of ether oxygens (including phenoxy) is 3. The molecule has 3 aliphatic heterocycles. The van der Waals surface area contributed by atoms with E-state index >= 15 is 0 Å². The zero-order valence-corrected chi connectivity index (χ0v) is 27.5. The number of likely N-dealkylation sites (tertiary alicyclic amines) is 1. The van der Waals surface area contributed by atoms with Gasteiger partial charge in [0.25, 0.3) is 5.91 Å². The van der Waals surface area contributed by atoms with E-state index in [1.807, 2.05) is 37.1 Å². The van der Waals surface area contributed by atoms with Crippen LogP contribution in [0.5, 0.6) is 5.75 Å². The SMILES string of the molecule is COc1cc(C(=O)N2CC[C@H]3OCCN[C@H]3C2)cc2nc(-c3cc4ccc5nc4n3C[C@H]3[C@@H](C)[C@H]3COCCC(=O)N[C@@H]5C)n(C)c12. The summed E-state index contributed by atoms with van der Waals surface area (Å²) in [7, 11) is 3.63. The van der Waals surface area contributed by atoms with E-state index in [1.54, 1.807) is 7.11 Å². The van der Waals surface area contributed by atoms with E-state index < -0.39 is 0 Å². The third kappa shape index (κ3) is 5.36. The number of amides is 2. The first-order chi connectivity index (χ1) is 22.8. The van der Waals surface area contributed by atoms with Crippen molar-refractivity contribution in [1.82, 2.24) is 34.6 Å². The number of carbonyl (C=O) groups excluding carboxylic acids is 2. The quantitative estimate of drug-likeness (QED) is 0.350. The number of pyridine rings is 1. The predicted octanol–water partition coefficient (Wildman–Crippen LogP) is 3.28. The summed E-state index contributed by atoms with van der Waals surface area (Å²) in [6.07, 6.45) is 1.31. The minimum atomic E-state index is -0.239. The van der Waals surface area contributed by atoms with Crippen molar-refractivity contribution in [3.05, 3.63) is 41.6 Å². The minimum Gasteiger partial charge on any atom is -0.494 e. The van der Waals surface area contributed by atoms with E-state index in [0.29, 0.717) is 73.9 Å². The molecule has 248 valence electrons. The largest absolute Gasteiger partial charge is 0.494 e. The van der Waals surface area contributed by atoms with Crippen molar-refractivity contribution in [1.29, 1.82) is 0 Å². The van der Waals surface area contributed by atoms with Crippen LogP contribution in [0, 0.1) is 17.8 Å². The molecule has 3 aromatic heterocycles. The van der Waals surface area contributed by atoms with Crippen LogP contribution in [0.1, 0.15) is 48.8 Å². The van der Waals surface area contributed by atoms with Gasteiger partial charge in [0.15, 0.2) is 5.82 Å². The maximum atomic E-state index is 13.8. The fourth-order valence-electron chi connectivity index (χ4n) is 7.92. The Hall–Kier alpha value is -4.00. The van der Waals surface area contributed by atoms with E-state index in [-0.39, 0.29) is 30.0 Å². The lowest BCUT2D eigenvalue weighted by molar-refractivity contribution is -0.122. The van der Waals surface area contributed by atoms with Gasteiger partial charge in [0.1, 0.15) is 16.9 Å². The van der Waals surface area contributed by atoms with Gasteiger partial charge in [-0.25, -0.2) is 9.97 Å². The number of hydrogen-bond acceptors (Lipinski definition) is 8. The van der Waals surface area contributed by atoms with Crippen molar-refractivity contribution in [3.8, 4) is 17.3 Å². The van der Waals surface area contributed by atoms with Crippen molar-refractivity contribution in [3.63, 3.8) is 0 Å². The summed E-state index contributed by atoms with van der Waals surface area (Å²) in [5.41, 5.74) is 4.72. The number of imidazole rings is 1. The van der Waals surface area contributed by atoms with Crippen molar-refractivity contribution in [2.75, 3.05) is 46.6 Å². The van der Waals surface area contributed by atoms with Gasteiger partial charge in [-0.05, 0) is 61.4 Å². The lowest BCUT2D eigenvalue weighted by Crippen LogP contribution is -2.59. The molecule has 2 saturated heterocycles. The van der Waals surface area contributed by atoms with Gasteiger partial charge in [0.05, 0.1) is 62.0 Å². The zero-order chi connectivity index (χ0) is 32.4. The van der Waals surface area contributed by atoms with E-state index in [4.69, 9.17) is 24.2 Å². The maximum absolute atomic E-state index is 13.8. The number of carbonyl (C=O) groups is 2. The number of aryl methyl sites for hydroxylation is 1. The summed E-state index contributed by atoms with van der Waals surface area (Å²) >= 11 is 0. The lowest BCUT2D eigenvalue weighted by Gasteiger charge is -2.41. The predicted molar refractivity (Wildman–Crippen MR) is 176 cm³/mol. The van der Waals surface area contributed by atoms with Gasteiger partial charge in [-0.3, -0.25) is 9.59 Å². The zero-order valence-electron chi connectivity index (χ0n) is 27.5. The van der Waals surface area contributed by atoms with Gasteiger partial charge in [0.2, 0.25) is 5.91 Å². The van der Waals surface area contributed by atoms with Gasteiger partial charge in [-0.1, -0.05) is 6.92 Å². The smallest absolute Gasteiger partial charge is 0.254 e. The first-order valence-corrected chi connectivity index (χ1v) is 16.9. The Morgan fingerprint density at radius 2 is 1.96 bits per heavy atom. The molecule has 2 bridgehead atoms. The second-order valence-corrected chi connectivity index (χ2v) is 13.6. The van der Waals surface area contributed by atoms with Crippen molar-refractivity contribution < 1.29 is 23.8 Å². The highest BCUT2D eigenvalue weighted by Crippen LogP contribution is 2.48. The lowest BCUT2D eigenvalue weighted by atomic mass is 9.99. The molecule has 12 nitrogen and oxygen atoms in total. The number of nitrogens with one attached hydrogen (secondary N) is 2. The molecule has 4 aromatic rings. The van der Waals surface area contributed by atoms with Crippen LogP contribution in [0.2, 0.25) is 0 Å². The van der Waals surface area contributed by atoms with E-state index in [9.17, 15) is 9.59 Å². The van der Waals surface area contributed by atoms with Crippen LogP contribution in [0.3, 0.4) is 0 Å². The average molecular weight is 642 g/mol. The van der Waals surface area contributed by atoms with Crippen LogP contribution in [0.4, 0.5) is 0 Å². The van der Waals surface area contributed by atoms with Crippen LogP contribution in [-0.4, -0.2) is 94.5 Å². The molecule has 1 saturated carbocycles. The second kappa shape index (κ2) is 11.9. The highest BCUT2D eigenvalue weighted by atomic mass is 16.5. The Morgan fingerprint density at radius 3 is 2.81 bits per heavy atom. The third-order valence-corrected chi connectivity index (χ3v) is 10.8. The first kappa shape index (κ1) is 30.3. The molecule has 4 aliphatic rings. The summed E-state index contributed by atoms with van der Waals surface area (Å²) in [5.74, 6) is 2.65. The molecule has 2 amide bonds. The number of nitrogens with zero attached hydrogens (tertiary/aromatic N) is 5. The summed E-state index contributed by atoms with van der Waals surface area (Å²) in [4.78, 5) is 38.6. The van der Waals surface area contributed by atoms with E-state index in [1.165, 1.54) is 0 Å². The molecule has 1 aromatic carbocycles. The van der Waals surface area contributed by atoms with E-state index in [0.717, 1.165) is 53.3 Å². The monoisotopic (exact) mass is 641 g/mol. The van der Waals surface area contributed by atoms with Gasteiger partial charge >= 0.3 is 0 Å². The number of aromatic nitrogens is 4. The molecular formula is C35H43N7O5. The number of benzene rings is 1. The maximum Gasteiger partial charge on any atom is 0.254 e. The number of fused-ring (bicyclic) bond motifs is 4. The highest BCUT2D eigenvalue weighted by molar-refractivity contribution is 6.00. The number of hydrogen-bond donors (Lipinski definition) is 2. The van der Waals surface area contributed by atoms with Gasteiger partial charge in [-0.15, -0.1) is 0 Å². The summed E-state index contributed by atoms with van der Waals surface area (Å²) in [6, 6.07) is 9.85. The molecular weight excluding hydrogens is 598 g/mol. The topological polar surface area (TPSA) is 125 Å². The molecule has 0 spiro atoms. The Bertz CT molecular complexity index is 1870. The van der Waals surface area contributed by atoms with Gasteiger partial charge < -0.3 is 38.9 Å². The summed E-state index contributed by atoms with van der Waals surface area (Å²) in [5, 5.41) is 7.60. The van der Waals surface area contributed by atoms with Gasteiger partial charge in [0, 0.05) is 50.6 Å². The number of morpholine rings is 1. The molecule has 12 heteroatoms. The minimum absolute atomic E-state index is 0.0283. The molecule has 47 heavy (non-hydrogen) atoms. The summed E-state index contributed by atoms with van der Waals surface area (Å²) in [6.45, 7) is 8.85.